The molecule has 3 heteroatoms. The van der Waals surface area contributed by atoms with Crippen LogP contribution in [0.4, 0.5) is 0 Å². The lowest BCUT2D eigenvalue weighted by molar-refractivity contribution is 0.191. The minimum Gasteiger partial charge on any atom is -0.385 e. The molecule has 0 aliphatic rings. The molecule has 1 aromatic carbocycles. The van der Waals surface area contributed by atoms with Gasteiger partial charge in [-0.15, -0.1) is 0 Å². The molecule has 0 aliphatic carbocycles. The fourth-order valence-electron chi connectivity index (χ4n) is 2.54. The highest BCUT2D eigenvalue weighted by Gasteiger charge is 2.12. The van der Waals surface area contributed by atoms with Crippen molar-refractivity contribution in [2.45, 2.75) is 52.2 Å². The fraction of sp³-hybridized carbons (Fsp3) is 0.556. The van der Waals surface area contributed by atoms with Gasteiger partial charge in [0.1, 0.15) is 0 Å². The molecule has 0 radical (unpaired) electrons. The standard InChI is InChI=1S/C18H28N2O/c1-18(2,3)19-13-15-14-20(11-7-8-12-21-4)17-10-6-5-9-16(15)17/h5-6,9-10,14,19H,7-8,11-13H2,1-4H3. The SMILES string of the molecule is COCCCCn1cc(CNC(C)(C)C)c2ccccc21. The number of ether oxygens (including phenoxy) is 1. The van der Waals surface area contributed by atoms with E-state index < -0.39 is 0 Å². The average Bonchev–Trinajstić information content (AvgIpc) is 2.79. The van der Waals surface area contributed by atoms with Crippen LogP contribution in [-0.2, 0) is 17.8 Å². The van der Waals surface area contributed by atoms with Gasteiger partial charge in [-0.2, -0.15) is 0 Å². The first-order valence-electron chi connectivity index (χ1n) is 7.82. The van der Waals surface area contributed by atoms with Crippen LogP contribution in [0, 0.1) is 0 Å². The Kier molecular flexibility index (Phi) is 5.43. The van der Waals surface area contributed by atoms with Crippen molar-refractivity contribution in [2.24, 2.45) is 0 Å². The first-order chi connectivity index (χ1) is 10.0. The molecule has 0 saturated carbocycles. The van der Waals surface area contributed by atoms with Crippen LogP contribution in [0.5, 0.6) is 0 Å². The smallest absolute Gasteiger partial charge is 0.0483 e. The Morgan fingerprint density at radius 3 is 2.62 bits per heavy atom. The number of rotatable bonds is 7. The normalized spacial score (nSPS) is 12.2. The third-order valence-corrected chi connectivity index (χ3v) is 3.68. The van der Waals surface area contributed by atoms with E-state index in [9.17, 15) is 0 Å². The number of methoxy groups -OCH3 is 1. The Bertz CT molecular complexity index is 566. The number of fused-ring (bicyclic) bond motifs is 1. The van der Waals surface area contributed by atoms with E-state index >= 15 is 0 Å². The number of nitrogens with one attached hydrogen (secondary N) is 1. The lowest BCUT2D eigenvalue weighted by atomic mass is 10.1. The highest BCUT2D eigenvalue weighted by Crippen LogP contribution is 2.22. The molecule has 0 atom stereocenters. The molecule has 1 heterocycles. The Labute approximate surface area is 128 Å². The maximum Gasteiger partial charge on any atom is 0.0483 e. The number of aryl methyl sites for hydroxylation is 1. The molecule has 0 spiro atoms. The van der Waals surface area contributed by atoms with Crippen LogP contribution in [0.3, 0.4) is 0 Å². The van der Waals surface area contributed by atoms with Crippen molar-refractivity contribution in [1.29, 1.82) is 0 Å². The van der Waals surface area contributed by atoms with Crippen molar-refractivity contribution >= 4 is 10.9 Å². The third-order valence-electron chi connectivity index (χ3n) is 3.68. The second-order valence-corrected chi connectivity index (χ2v) is 6.67. The number of para-hydroxylation sites is 1. The van der Waals surface area contributed by atoms with E-state index in [0.717, 1.165) is 32.5 Å². The summed E-state index contributed by atoms with van der Waals surface area (Å²) >= 11 is 0. The molecule has 2 rings (SSSR count). The summed E-state index contributed by atoms with van der Waals surface area (Å²) in [6.07, 6.45) is 4.56. The highest BCUT2D eigenvalue weighted by molar-refractivity contribution is 5.83. The van der Waals surface area contributed by atoms with Crippen LogP contribution >= 0.6 is 0 Å². The average molecular weight is 288 g/mol. The Morgan fingerprint density at radius 2 is 1.90 bits per heavy atom. The first kappa shape index (κ1) is 16.1. The van der Waals surface area contributed by atoms with Crippen molar-refractivity contribution in [2.75, 3.05) is 13.7 Å². The summed E-state index contributed by atoms with van der Waals surface area (Å²) in [5, 5.41) is 4.95. The monoisotopic (exact) mass is 288 g/mol. The lowest BCUT2D eigenvalue weighted by Crippen LogP contribution is -2.34. The van der Waals surface area contributed by atoms with Gasteiger partial charge in [0.15, 0.2) is 0 Å². The molecule has 0 aliphatic heterocycles. The summed E-state index contributed by atoms with van der Waals surface area (Å²) in [5.74, 6) is 0. The molecule has 2 aromatic rings. The molecule has 21 heavy (non-hydrogen) atoms. The zero-order chi connectivity index (χ0) is 15.3. The highest BCUT2D eigenvalue weighted by atomic mass is 16.5. The number of hydrogen-bond acceptors (Lipinski definition) is 2. The summed E-state index contributed by atoms with van der Waals surface area (Å²) < 4.78 is 7.51. The van der Waals surface area contributed by atoms with E-state index in [-0.39, 0.29) is 5.54 Å². The predicted octanol–water partition coefficient (Wildman–Crippen LogP) is 3.96. The number of hydrogen-bond donors (Lipinski definition) is 1. The Balaban J connectivity index is 2.14. The third kappa shape index (κ3) is 4.58. The molecule has 0 saturated heterocycles. The van der Waals surface area contributed by atoms with Crippen LogP contribution in [0.2, 0.25) is 0 Å². The molecule has 3 nitrogen and oxygen atoms in total. The molecule has 0 amide bonds. The van der Waals surface area contributed by atoms with E-state index in [0.29, 0.717) is 0 Å². The van der Waals surface area contributed by atoms with E-state index in [2.05, 4.69) is 61.1 Å². The van der Waals surface area contributed by atoms with Crippen molar-refractivity contribution in [3.8, 4) is 0 Å². The maximum absolute atomic E-state index is 5.13. The maximum atomic E-state index is 5.13. The Morgan fingerprint density at radius 1 is 1.14 bits per heavy atom. The topological polar surface area (TPSA) is 26.2 Å². The molecular formula is C18H28N2O. The molecular weight excluding hydrogens is 260 g/mol. The van der Waals surface area contributed by atoms with E-state index in [4.69, 9.17) is 4.74 Å². The number of aromatic nitrogens is 1. The minimum absolute atomic E-state index is 0.141. The Hall–Kier alpha value is -1.32. The lowest BCUT2D eigenvalue weighted by Gasteiger charge is -2.20. The second-order valence-electron chi connectivity index (χ2n) is 6.67. The summed E-state index contributed by atoms with van der Waals surface area (Å²) in [6, 6.07) is 8.68. The van der Waals surface area contributed by atoms with Crippen molar-refractivity contribution in [3.63, 3.8) is 0 Å². The van der Waals surface area contributed by atoms with Gasteiger partial charge in [0.25, 0.3) is 0 Å². The van der Waals surface area contributed by atoms with Crippen LogP contribution in [0.1, 0.15) is 39.2 Å². The number of benzene rings is 1. The molecule has 0 unspecified atom stereocenters. The molecule has 116 valence electrons. The number of unbranched alkanes of at least 4 members (excludes halogenated alkanes) is 1. The minimum atomic E-state index is 0.141. The molecule has 0 fully saturated rings. The van der Waals surface area contributed by atoms with Gasteiger partial charge in [0.2, 0.25) is 0 Å². The first-order valence-corrected chi connectivity index (χ1v) is 7.82. The summed E-state index contributed by atoms with van der Waals surface area (Å²) in [5.41, 5.74) is 2.86. The summed E-state index contributed by atoms with van der Waals surface area (Å²) in [6.45, 7) is 9.43. The van der Waals surface area contributed by atoms with E-state index in [1.165, 1.54) is 16.5 Å². The van der Waals surface area contributed by atoms with Gasteiger partial charge in [-0.3, -0.25) is 0 Å². The van der Waals surface area contributed by atoms with Gasteiger partial charge in [-0.05, 0) is 45.2 Å². The molecule has 0 bridgehead atoms. The molecule has 1 N–H and O–H groups in total. The van der Waals surface area contributed by atoms with Gasteiger partial charge >= 0.3 is 0 Å². The largest absolute Gasteiger partial charge is 0.385 e. The summed E-state index contributed by atoms with van der Waals surface area (Å²) in [4.78, 5) is 0. The van der Waals surface area contributed by atoms with Crippen molar-refractivity contribution in [1.82, 2.24) is 9.88 Å². The zero-order valence-electron chi connectivity index (χ0n) is 13.8. The quantitative estimate of drug-likeness (QED) is 0.781. The van der Waals surface area contributed by atoms with Crippen LogP contribution in [0.25, 0.3) is 10.9 Å². The van der Waals surface area contributed by atoms with Gasteiger partial charge in [0.05, 0.1) is 0 Å². The van der Waals surface area contributed by atoms with Crippen LogP contribution in [0.15, 0.2) is 30.5 Å². The van der Waals surface area contributed by atoms with Crippen molar-refractivity contribution in [3.05, 3.63) is 36.0 Å². The summed E-state index contributed by atoms with van der Waals surface area (Å²) in [7, 11) is 1.77. The molecule has 1 aromatic heterocycles. The zero-order valence-corrected chi connectivity index (χ0v) is 13.8. The van der Waals surface area contributed by atoms with Gasteiger partial charge < -0.3 is 14.6 Å². The van der Waals surface area contributed by atoms with Crippen LogP contribution < -0.4 is 5.32 Å². The van der Waals surface area contributed by atoms with Crippen molar-refractivity contribution < 1.29 is 4.74 Å². The van der Waals surface area contributed by atoms with Gasteiger partial charge in [-0.1, -0.05) is 18.2 Å². The number of nitrogens with zero attached hydrogens (tertiary/aromatic N) is 1. The van der Waals surface area contributed by atoms with E-state index in [1.807, 2.05) is 0 Å². The predicted molar refractivity (Wildman–Crippen MR) is 89.6 cm³/mol. The van der Waals surface area contributed by atoms with Gasteiger partial charge in [0, 0.05) is 49.4 Å². The van der Waals surface area contributed by atoms with Crippen LogP contribution in [-0.4, -0.2) is 23.8 Å². The van der Waals surface area contributed by atoms with E-state index in [1.54, 1.807) is 7.11 Å². The second kappa shape index (κ2) is 7.10. The van der Waals surface area contributed by atoms with Gasteiger partial charge in [-0.25, -0.2) is 0 Å². The fourth-order valence-corrected chi connectivity index (χ4v) is 2.54.